The van der Waals surface area contributed by atoms with Crippen LogP contribution in [0.15, 0.2) is 0 Å². The van der Waals surface area contributed by atoms with Crippen molar-refractivity contribution >= 4 is 25.3 Å². The van der Waals surface area contributed by atoms with Gasteiger partial charge in [-0.05, 0) is 0 Å². The summed E-state index contributed by atoms with van der Waals surface area (Å²) in [6.07, 6.45) is 0. The molecule has 7 heteroatoms. The molecule has 0 aromatic rings. The first-order valence-corrected chi connectivity index (χ1v) is 15.4. The minimum absolute atomic E-state index is 0.646. The molecule has 0 N–H and O–H groups in total. The lowest BCUT2D eigenvalue weighted by atomic mass is 11.0. The molecule has 0 aromatic carbocycles. The Morgan fingerprint density at radius 3 is 1.44 bits per heavy atom. The summed E-state index contributed by atoms with van der Waals surface area (Å²) < 4.78 is 19.7. The van der Waals surface area contributed by atoms with Gasteiger partial charge in [-0.2, -0.15) is 0 Å². The zero-order valence-electron chi connectivity index (χ0n) is 13.6. The molecule has 0 rings (SSSR count). The Balaban J connectivity index is 4.83. The molecule has 0 atom stereocenters. The third-order valence-electron chi connectivity index (χ3n) is 3.09. The molecule has 0 aliphatic rings. The molecule has 0 saturated heterocycles. The van der Waals surface area contributed by atoms with Crippen molar-refractivity contribution in [1.82, 2.24) is 4.23 Å². The molecular formula is C11H31NO3Si3. The molecule has 0 spiro atoms. The van der Waals surface area contributed by atoms with Gasteiger partial charge < -0.3 is 17.5 Å². The summed E-state index contributed by atoms with van der Waals surface area (Å²) in [5.74, 6) is 0. The van der Waals surface area contributed by atoms with Crippen LogP contribution in [0.3, 0.4) is 0 Å². The summed E-state index contributed by atoms with van der Waals surface area (Å²) in [6.45, 7) is 16.9. The fourth-order valence-corrected chi connectivity index (χ4v) is 12.9. The lowest BCUT2D eigenvalue weighted by molar-refractivity contribution is 0.0797. The van der Waals surface area contributed by atoms with E-state index in [0.29, 0.717) is 6.73 Å². The van der Waals surface area contributed by atoms with E-state index in [9.17, 15) is 0 Å². The molecule has 0 radical (unpaired) electrons. The summed E-state index contributed by atoms with van der Waals surface area (Å²) in [4.78, 5) is 0. The first-order valence-electron chi connectivity index (χ1n) is 6.54. The van der Waals surface area contributed by atoms with E-state index in [-0.39, 0.29) is 0 Å². The Kier molecular flexibility index (Phi) is 6.96. The molecule has 0 bridgehead atoms. The Morgan fingerprint density at radius 1 is 0.833 bits per heavy atom. The number of hydrogen-bond acceptors (Lipinski definition) is 4. The molecule has 0 aromatic heterocycles. The Labute approximate surface area is 116 Å². The Bertz CT molecular complexity index is 225. The molecule has 0 unspecified atom stereocenters. The van der Waals surface area contributed by atoms with Crippen molar-refractivity contribution < 1.29 is 13.3 Å². The number of nitrogens with zero attached hydrogens (tertiary/aromatic N) is 1. The van der Waals surface area contributed by atoms with Gasteiger partial charge in [-0.1, -0.05) is 46.2 Å². The Hall–Kier alpha value is 0.491. The van der Waals surface area contributed by atoms with Crippen LogP contribution in [0.2, 0.25) is 45.3 Å². The summed E-state index contributed by atoms with van der Waals surface area (Å²) in [5, 5.41) is 0. The Morgan fingerprint density at radius 2 is 1.22 bits per heavy atom. The average molecular weight is 310 g/mol. The molecule has 0 fully saturated rings. The molecule has 0 heterocycles. The minimum atomic E-state index is -2.43. The third kappa shape index (κ3) is 5.24. The van der Waals surface area contributed by atoms with E-state index in [1.807, 2.05) is 0 Å². The third-order valence-corrected chi connectivity index (χ3v) is 13.3. The highest BCUT2D eigenvalue weighted by Gasteiger charge is 2.41. The fourth-order valence-electron chi connectivity index (χ4n) is 2.15. The predicted octanol–water partition coefficient (Wildman–Crippen LogP) is 3.18. The monoisotopic (exact) mass is 309 g/mol. The number of hydrogen-bond donors (Lipinski definition) is 0. The van der Waals surface area contributed by atoms with Gasteiger partial charge in [0.05, 0.1) is 6.73 Å². The maximum Gasteiger partial charge on any atom is 0.501 e. The average Bonchev–Trinajstić information content (AvgIpc) is 2.21. The second kappa shape index (κ2) is 6.78. The zero-order chi connectivity index (χ0) is 14.6. The molecule has 4 nitrogen and oxygen atoms in total. The van der Waals surface area contributed by atoms with Crippen molar-refractivity contribution in [3.63, 3.8) is 0 Å². The summed E-state index contributed by atoms with van der Waals surface area (Å²) >= 11 is 0. The lowest BCUT2D eigenvalue weighted by Gasteiger charge is -2.44. The van der Waals surface area contributed by atoms with E-state index in [0.717, 1.165) is 6.04 Å². The molecule has 18 heavy (non-hydrogen) atoms. The van der Waals surface area contributed by atoms with Gasteiger partial charge in [-0.15, -0.1) is 0 Å². The van der Waals surface area contributed by atoms with Crippen LogP contribution in [0.4, 0.5) is 0 Å². The first kappa shape index (κ1) is 18.5. The highest BCUT2D eigenvalue weighted by Crippen LogP contribution is 2.22. The van der Waals surface area contributed by atoms with Gasteiger partial charge in [-0.25, -0.2) is 0 Å². The van der Waals surface area contributed by atoms with Crippen LogP contribution < -0.4 is 0 Å². The minimum Gasteiger partial charge on any atom is -0.377 e. The van der Waals surface area contributed by atoms with Gasteiger partial charge >= 0.3 is 8.80 Å². The van der Waals surface area contributed by atoms with Crippen LogP contribution in [0.25, 0.3) is 0 Å². The van der Waals surface area contributed by atoms with Crippen LogP contribution in [-0.2, 0) is 13.3 Å². The standard InChI is InChI=1S/C11H31NO3Si3/c1-10-18(13-2,14-3)15-11-12(16(4,5)6)17(7,8)9/h10-11H2,1-9H3. The highest BCUT2D eigenvalue weighted by molar-refractivity contribution is 6.89. The maximum absolute atomic E-state index is 6.08. The van der Waals surface area contributed by atoms with Crippen LogP contribution in [0.5, 0.6) is 0 Å². The largest absolute Gasteiger partial charge is 0.501 e. The normalized spacial score (nSPS) is 14.3. The SMILES string of the molecule is CC[Si](OC)(OC)OCN([Si](C)(C)C)[Si](C)(C)C. The lowest BCUT2D eigenvalue weighted by Crippen LogP contribution is -2.61. The molecule has 0 aliphatic carbocycles. The van der Waals surface area contributed by atoms with Gasteiger partial charge in [0.2, 0.25) is 0 Å². The van der Waals surface area contributed by atoms with Gasteiger partial charge in [0.15, 0.2) is 0 Å². The second-order valence-electron chi connectivity index (χ2n) is 6.49. The quantitative estimate of drug-likeness (QED) is 0.509. The van der Waals surface area contributed by atoms with E-state index in [1.165, 1.54) is 0 Å². The van der Waals surface area contributed by atoms with E-state index >= 15 is 0 Å². The van der Waals surface area contributed by atoms with Crippen molar-refractivity contribution in [2.45, 2.75) is 52.2 Å². The van der Waals surface area contributed by atoms with Crippen molar-refractivity contribution in [3.05, 3.63) is 0 Å². The molecule has 0 amide bonds. The molecule has 0 aliphatic heterocycles. The van der Waals surface area contributed by atoms with Crippen molar-refractivity contribution in [2.24, 2.45) is 0 Å². The summed E-state index contributed by atoms with van der Waals surface area (Å²) in [6, 6.07) is 0.811. The summed E-state index contributed by atoms with van der Waals surface area (Å²) in [7, 11) is -1.82. The smallest absolute Gasteiger partial charge is 0.377 e. The highest BCUT2D eigenvalue weighted by atomic mass is 28.4. The van der Waals surface area contributed by atoms with E-state index in [4.69, 9.17) is 13.3 Å². The molecular weight excluding hydrogens is 278 g/mol. The van der Waals surface area contributed by atoms with Gasteiger partial charge in [0, 0.05) is 20.3 Å². The van der Waals surface area contributed by atoms with Gasteiger partial charge in [0.25, 0.3) is 0 Å². The van der Waals surface area contributed by atoms with Gasteiger partial charge in [0.1, 0.15) is 16.5 Å². The zero-order valence-corrected chi connectivity index (χ0v) is 16.6. The van der Waals surface area contributed by atoms with E-state index < -0.39 is 25.3 Å². The van der Waals surface area contributed by atoms with Crippen LogP contribution >= 0.6 is 0 Å². The predicted molar refractivity (Wildman–Crippen MR) is 84.7 cm³/mol. The van der Waals surface area contributed by atoms with E-state index in [1.54, 1.807) is 14.2 Å². The second-order valence-corrected chi connectivity index (χ2v) is 19.9. The topological polar surface area (TPSA) is 30.9 Å². The summed E-state index contributed by atoms with van der Waals surface area (Å²) in [5.41, 5.74) is 0. The fraction of sp³-hybridized carbons (Fsp3) is 1.00. The molecule has 110 valence electrons. The van der Waals surface area contributed by atoms with E-state index in [2.05, 4.69) is 50.4 Å². The van der Waals surface area contributed by atoms with Crippen molar-refractivity contribution in [3.8, 4) is 0 Å². The van der Waals surface area contributed by atoms with Gasteiger partial charge in [-0.3, -0.25) is 0 Å². The maximum atomic E-state index is 6.08. The van der Waals surface area contributed by atoms with Crippen molar-refractivity contribution in [2.75, 3.05) is 21.0 Å². The van der Waals surface area contributed by atoms with Crippen LogP contribution in [0, 0.1) is 0 Å². The van der Waals surface area contributed by atoms with Crippen LogP contribution in [0.1, 0.15) is 6.92 Å². The van der Waals surface area contributed by atoms with Crippen LogP contribution in [-0.4, -0.2) is 50.5 Å². The molecule has 0 saturated carbocycles. The van der Waals surface area contributed by atoms with Crippen molar-refractivity contribution in [1.29, 1.82) is 0 Å². The first-order chi connectivity index (χ1) is 8.02. The number of rotatable bonds is 8.